The van der Waals surface area contributed by atoms with Gasteiger partial charge in [-0.15, -0.1) is 0 Å². The van der Waals surface area contributed by atoms with Crippen molar-refractivity contribution in [1.29, 1.82) is 0 Å². The smallest absolute Gasteiger partial charge is 0.0658 e. The van der Waals surface area contributed by atoms with Gasteiger partial charge in [0.25, 0.3) is 0 Å². The number of nitrogens with two attached hydrogens (primary N) is 1. The van der Waals surface area contributed by atoms with Crippen molar-refractivity contribution in [3.8, 4) is 0 Å². The van der Waals surface area contributed by atoms with Gasteiger partial charge in [0.15, 0.2) is 0 Å². The van der Waals surface area contributed by atoms with Crippen LogP contribution in [-0.2, 0) is 4.74 Å². The highest BCUT2D eigenvalue weighted by Crippen LogP contribution is 2.40. The maximum atomic E-state index is 6.03. The summed E-state index contributed by atoms with van der Waals surface area (Å²) in [5, 5.41) is 0. The predicted molar refractivity (Wildman–Crippen MR) is 73.2 cm³/mol. The van der Waals surface area contributed by atoms with Crippen molar-refractivity contribution >= 4 is 0 Å². The Hall–Kier alpha value is -0.120. The molecule has 3 nitrogen and oxygen atoms in total. The molecule has 1 unspecified atom stereocenters. The number of methoxy groups -OCH3 is 1. The van der Waals surface area contributed by atoms with Gasteiger partial charge >= 0.3 is 0 Å². The summed E-state index contributed by atoms with van der Waals surface area (Å²) in [5.74, 6) is 0. The van der Waals surface area contributed by atoms with Gasteiger partial charge in [0.2, 0.25) is 0 Å². The van der Waals surface area contributed by atoms with Crippen molar-refractivity contribution in [2.45, 2.75) is 52.0 Å². The first-order valence-corrected chi connectivity index (χ1v) is 7.06. The molecule has 0 aromatic carbocycles. The third-order valence-electron chi connectivity index (χ3n) is 5.06. The number of nitrogens with zero attached hydrogens (tertiary/aromatic N) is 1. The van der Waals surface area contributed by atoms with E-state index >= 15 is 0 Å². The van der Waals surface area contributed by atoms with E-state index in [2.05, 4.69) is 25.7 Å². The first-order valence-electron chi connectivity index (χ1n) is 7.06. The lowest BCUT2D eigenvalue weighted by atomic mass is 9.81. The van der Waals surface area contributed by atoms with Crippen molar-refractivity contribution in [2.75, 3.05) is 33.4 Å². The number of ether oxygens (including phenoxy) is 1. The molecule has 0 aliphatic carbocycles. The van der Waals surface area contributed by atoms with Crippen molar-refractivity contribution in [2.24, 2.45) is 11.1 Å². The largest absolute Gasteiger partial charge is 0.383 e. The SMILES string of the molecule is CCC1(CC)CCN(C(CC)(CN)COC)C1. The molecule has 102 valence electrons. The highest BCUT2D eigenvalue weighted by atomic mass is 16.5. The molecule has 0 amide bonds. The van der Waals surface area contributed by atoms with Gasteiger partial charge in [-0.05, 0) is 37.6 Å². The quantitative estimate of drug-likeness (QED) is 0.744. The van der Waals surface area contributed by atoms with Crippen LogP contribution in [0.1, 0.15) is 46.5 Å². The Morgan fingerprint density at radius 2 is 1.94 bits per heavy atom. The molecule has 0 saturated carbocycles. The molecule has 1 atom stereocenters. The van der Waals surface area contributed by atoms with E-state index in [9.17, 15) is 0 Å². The molecule has 0 aromatic rings. The zero-order valence-corrected chi connectivity index (χ0v) is 12.1. The summed E-state index contributed by atoms with van der Waals surface area (Å²) in [5.41, 5.74) is 6.61. The van der Waals surface area contributed by atoms with E-state index in [1.54, 1.807) is 7.11 Å². The van der Waals surface area contributed by atoms with Crippen LogP contribution in [0.2, 0.25) is 0 Å². The normalized spacial score (nSPS) is 23.8. The fourth-order valence-corrected chi connectivity index (χ4v) is 3.19. The van der Waals surface area contributed by atoms with Crippen molar-refractivity contribution in [1.82, 2.24) is 4.90 Å². The molecule has 1 heterocycles. The maximum Gasteiger partial charge on any atom is 0.0658 e. The number of likely N-dealkylation sites (tertiary alicyclic amines) is 1. The molecule has 2 N–H and O–H groups in total. The molecule has 3 heteroatoms. The zero-order valence-electron chi connectivity index (χ0n) is 12.1. The molecule has 1 aliphatic rings. The topological polar surface area (TPSA) is 38.5 Å². The van der Waals surface area contributed by atoms with Crippen LogP contribution in [-0.4, -0.2) is 43.8 Å². The lowest BCUT2D eigenvalue weighted by molar-refractivity contribution is 0.0186. The van der Waals surface area contributed by atoms with Crippen LogP contribution in [0.5, 0.6) is 0 Å². The minimum Gasteiger partial charge on any atom is -0.383 e. The van der Waals surface area contributed by atoms with Gasteiger partial charge in [-0.1, -0.05) is 20.8 Å². The zero-order chi connectivity index (χ0) is 12.9. The Morgan fingerprint density at radius 3 is 2.29 bits per heavy atom. The van der Waals surface area contributed by atoms with Crippen LogP contribution in [0.3, 0.4) is 0 Å². The number of hydrogen-bond acceptors (Lipinski definition) is 3. The third-order valence-corrected chi connectivity index (χ3v) is 5.06. The van der Waals surface area contributed by atoms with Gasteiger partial charge in [0.05, 0.1) is 12.1 Å². The monoisotopic (exact) mass is 242 g/mol. The number of rotatable bonds is 7. The van der Waals surface area contributed by atoms with E-state index in [4.69, 9.17) is 10.5 Å². The van der Waals surface area contributed by atoms with Crippen LogP contribution >= 0.6 is 0 Å². The molecule has 1 fully saturated rings. The van der Waals surface area contributed by atoms with Gasteiger partial charge in [-0.2, -0.15) is 0 Å². The fourth-order valence-electron chi connectivity index (χ4n) is 3.19. The van der Waals surface area contributed by atoms with Gasteiger partial charge in [-0.3, -0.25) is 4.90 Å². The predicted octanol–water partition coefficient (Wildman–Crippen LogP) is 2.25. The first-order chi connectivity index (χ1) is 8.12. The first kappa shape index (κ1) is 14.9. The summed E-state index contributed by atoms with van der Waals surface area (Å²) in [6, 6.07) is 0. The van der Waals surface area contributed by atoms with E-state index in [0.29, 0.717) is 12.0 Å². The Bertz CT molecular complexity index is 222. The second-order valence-corrected chi connectivity index (χ2v) is 5.59. The van der Waals surface area contributed by atoms with E-state index < -0.39 is 0 Å². The van der Waals surface area contributed by atoms with E-state index in [-0.39, 0.29) is 5.54 Å². The molecular weight excluding hydrogens is 212 g/mol. The van der Waals surface area contributed by atoms with Gasteiger partial charge in [0, 0.05) is 20.2 Å². The van der Waals surface area contributed by atoms with E-state index in [1.807, 2.05) is 0 Å². The summed E-state index contributed by atoms with van der Waals surface area (Å²) in [7, 11) is 1.78. The average molecular weight is 242 g/mol. The van der Waals surface area contributed by atoms with E-state index in [0.717, 1.165) is 13.0 Å². The lowest BCUT2D eigenvalue weighted by Gasteiger charge is -2.41. The van der Waals surface area contributed by atoms with Crippen LogP contribution in [0, 0.1) is 5.41 Å². The summed E-state index contributed by atoms with van der Waals surface area (Å²) in [6.45, 7) is 10.7. The molecular formula is C14H30N2O. The Balaban J connectivity index is 2.78. The maximum absolute atomic E-state index is 6.03. The highest BCUT2D eigenvalue weighted by Gasteiger charge is 2.43. The van der Waals surface area contributed by atoms with E-state index in [1.165, 1.54) is 32.4 Å². The summed E-state index contributed by atoms with van der Waals surface area (Å²) >= 11 is 0. The Kier molecular flexibility index (Phi) is 5.42. The summed E-state index contributed by atoms with van der Waals surface area (Å²) in [6.07, 6.45) is 4.93. The van der Waals surface area contributed by atoms with Crippen LogP contribution in [0.15, 0.2) is 0 Å². The van der Waals surface area contributed by atoms with Crippen LogP contribution < -0.4 is 5.73 Å². The molecule has 1 rings (SSSR count). The molecule has 17 heavy (non-hydrogen) atoms. The van der Waals surface area contributed by atoms with Gasteiger partial charge < -0.3 is 10.5 Å². The molecule has 0 aromatic heterocycles. The number of hydrogen-bond donors (Lipinski definition) is 1. The highest BCUT2D eigenvalue weighted by molar-refractivity contribution is 4.98. The van der Waals surface area contributed by atoms with Crippen molar-refractivity contribution in [3.63, 3.8) is 0 Å². The van der Waals surface area contributed by atoms with Crippen molar-refractivity contribution in [3.05, 3.63) is 0 Å². The molecule has 1 aliphatic heterocycles. The minimum absolute atomic E-state index is 0.0564. The lowest BCUT2D eigenvalue weighted by Crippen LogP contribution is -2.56. The standard InChI is InChI=1S/C14H30N2O/c1-5-13(6-2)8-9-16(11-13)14(7-3,10-15)12-17-4/h5-12,15H2,1-4H3. The fraction of sp³-hybridized carbons (Fsp3) is 1.00. The third kappa shape index (κ3) is 2.83. The average Bonchev–Trinajstić information content (AvgIpc) is 2.82. The second kappa shape index (κ2) is 6.17. The van der Waals surface area contributed by atoms with Crippen molar-refractivity contribution < 1.29 is 4.74 Å². The molecule has 0 radical (unpaired) electrons. The van der Waals surface area contributed by atoms with Crippen LogP contribution in [0.4, 0.5) is 0 Å². The summed E-state index contributed by atoms with van der Waals surface area (Å²) in [4.78, 5) is 2.59. The molecule has 1 saturated heterocycles. The van der Waals surface area contributed by atoms with Gasteiger partial charge in [-0.25, -0.2) is 0 Å². The Labute approximate surface area is 107 Å². The summed E-state index contributed by atoms with van der Waals surface area (Å²) < 4.78 is 5.42. The molecule has 0 spiro atoms. The second-order valence-electron chi connectivity index (χ2n) is 5.59. The molecule has 0 bridgehead atoms. The Morgan fingerprint density at radius 1 is 1.29 bits per heavy atom. The van der Waals surface area contributed by atoms with Gasteiger partial charge in [0.1, 0.15) is 0 Å². The van der Waals surface area contributed by atoms with Crippen LogP contribution in [0.25, 0.3) is 0 Å². The minimum atomic E-state index is 0.0564.